The maximum Gasteiger partial charge on any atom is -0.0237 e. The van der Waals surface area contributed by atoms with Crippen molar-refractivity contribution in [3.8, 4) is 0 Å². The van der Waals surface area contributed by atoms with Crippen LogP contribution in [-0.2, 0) is 0 Å². The van der Waals surface area contributed by atoms with Crippen LogP contribution in [0.4, 0.5) is 0 Å². The molecule has 0 amide bonds. The molecular weight excluding hydrogens is 199 g/mol. The summed E-state index contributed by atoms with van der Waals surface area (Å²) in [6.07, 6.45) is 18.0. The first kappa shape index (κ1) is 13.5. The third-order valence-corrected chi connectivity index (χ3v) is 5.16. The van der Waals surface area contributed by atoms with E-state index in [2.05, 4.69) is 6.92 Å². The van der Waals surface area contributed by atoms with Gasteiger partial charge >= 0.3 is 0 Å². The first-order valence-electron chi connectivity index (χ1n) is 7.17. The average molecular weight is 228 g/mol. The van der Waals surface area contributed by atoms with E-state index in [0.29, 0.717) is 0 Å². The van der Waals surface area contributed by atoms with Crippen LogP contribution >= 0.6 is 8.58 Å². The molecule has 1 aliphatic rings. The van der Waals surface area contributed by atoms with Gasteiger partial charge in [-0.2, -0.15) is 0 Å². The topological polar surface area (TPSA) is 0 Å². The second-order valence-electron chi connectivity index (χ2n) is 5.01. The Kier molecular flexibility index (Phi) is 8.67. The summed E-state index contributed by atoms with van der Waals surface area (Å²) in [7, 11) is 1.25. The number of hydrogen-bond acceptors (Lipinski definition) is 0. The minimum absolute atomic E-state index is 1.09. The molecule has 1 atom stereocenters. The molecule has 15 heavy (non-hydrogen) atoms. The van der Waals surface area contributed by atoms with Crippen LogP contribution < -0.4 is 0 Å². The molecule has 0 spiro atoms. The minimum atomic E-state index is 1.09. The smallest absolute Gasteiger partial charge is 0.0237 e. The van der Waals surface area contributed by atoms with Gasteiger partial charge in [-0.15, -0.1) is 8.58 Å². The summed E-state index contributed by atoms with van der Waals surface area (Å²) in [6, 6.07) is 0. The zero-order chi connectivity index (χ0) is 10.8. The maximum absolute atomic E-state index is 2.36. The Morgan fingerprint density at radius 2 is 1.13 bits per heavy atom. The molecule has 0 aromatic heterocycles. The Balaban J connectivity index is 2.19. The standard InChI is InChI=1S/C14H29P/c1-2-15-14-12-10-8-6-4-3-5-7-9-11-13-14/h14-15H,2-13H2,1H3. The first-order valence-corrected chi connectivity index (χ1v) is 8.45. The summed E-state index contributed by atoms with van der Waals surface area (Å²) in [4.78, 5) is 0. The summed E-state index contributed by atoms with van der Waals surface area (Å²) < 4.78 is 0. The lowest BCUT2D eigenvalue weighted by Crippen LogP contribution is -2.02. The third-order valence-electron chi connectivity index (χ3n) is 3.60. The monoisotopic (exact) mass is 228 g/mol. The van der Waals surface area contributed by atoms with E-state index in [4.69, 9.17) is 0 Å². The fraction of sp³-hybridized carbons (Fsp3) is 1.00. The normalized spacial score (nSPS) is 23.8. The fourth-order valence-corrected chi connectivity index (χ4v) is 4.05. The molecule has 1 rings (SSSR count). The largest absolute Gasteiger partial charge is 0.119 e. The summed E-state index contributed by atoms with van der Waals surface area (Å²) >= 11 is 0. The van der Waals surface area contributed by atoms with Crippen molar-refractivity contribution in [1.29, 1.82) is 0 Å². The van der Waals surface area contributed by atoms with Gasteiger partial charge < -0.3 is 0 Å². The molecule has 0 saturated heterocycles. The summed E-state index contributed by atoms with van der Waals surface area (Å²) in [5.41, 5.74) is 1.09. The molecule has 0 radical (unpaired) electrons. The lowest BCUT2D eigenvalue weighted by Gasteiger charge is -2.16. The molecule has 1 saturated carbocycles. The predicted molar refractivity (Wildman–Crippen MR) is 73.4 cm³/mol. The molecule has 0 N–H and O–H groups in total. The predicted octanol–water partition coefficient (Wildman–Crippen LogP) is 5.36. The number of rotatable bonds is 2. The van der Waals surface area contributed by atoms with Crippen molar-refractivity contribution in [3.05, 3.63) is 0 Å². The molecule has 0 heterocycles. The van der Waals surface area contributed by atoms with E-state index in [1.807, 2.05) is 0 Å². The second-order valence-corrected chi connectivity index (χ2v) is 6.95. The molecule has 1 aliphatic carbocycles. The summed E-state index contributed by atoms with van der Waals surface area (Å²) in [6.45, 7) is 2.36. The highest BCUT2D eigenvalue weighted by molar-refractivity contribution is 7.38. The molecule has 0 aromatic rings. The van der Waals surface area contributed by atoms with E-state index in [1.165, 1.54) is 85.4 Å². The Hall–Kier alpha value is 0.430. The molecule has 1 heteroatoms. The zero-order valence-electron chi connectivity index (χ0n) is 10.6. The van der Waals surface area contributed by atoms with Crippen molar-refractivity contribution >= 4 is 8.58 Å². The first-order chi connectivity index (χ1) is 7.43. The van der Waals surface area contributed by atoms with E-state index in [1.54, 1.807) is 0 Å². The van der Waals surface area contributed by atoms with Crippen molar-refractivity contribution in [2.75, 3.05) is 6.16 Å². The summed E-state index contributed by atoms with van der Waals surface area (Å²) in [5.74, 6) is 0. The highest BCUT2D eigenvalue weighted by atomic mass is 31.1. The van der Waals surface area contributed by atoms with Crippen LogP contribution in [-0.4, -0.2) is 11.8 Å². The Morgan fingerprint density at radius 3 is 1.53 bits per heavy atom. The van der Waals surface area contributed by atoms with Gasteiger partial charge in [0.05, 0.1) is 0 Å². The SMILES string of the molecule is CCPC1CCCCCCCCCCC1. The Bertz CT molecular complexity index is 121. The molecule has 90 valence electrons. The minimum Gasteiger partial charge on any atom is -0.119 e. The Labute approximate surface area is 98.4 Å². The van der Waals surface area contributed by atoms with E-state index >= 15 is 0 Å². The van der Waals surface area contributed by atoms with Gasteiger partial charge in [-0.1, -0.05) is 64.7 Å². The third kappa shape index (κ3) is 7.34. The molecule has 1 unspecified atom stereocenters. The van der Waals surface area contributed by atoms with Gasteiger partial charge in [-0.3, -0.25) is 0 Å². The van der Waals surface area contributed by atoms with Crippen molar-refractivity contribution < 1.29 is 0 Å². The van der Waals surface area contributed by atoms with Crippen LogP contribution in [0, 0.1) is 0 Å². The van der Waals surface area contributed by atoms with Crippen molar-refractivity contribution in [3.63, 3.8) is 0 Å². The lowest BCUT2D eigenvalue weighted by atomic mass is 10.0. The van der Waals surface area contributed by atoms with Crippen LogP contribution in [0.3, 0.4) is 0 Å². The van der Waals surface area contributed by atoms with E-state index in [-0.39, 0.29) is 0 Å². The average Bonchev–Trinajstić information content (AvgIpc) is 2.22. The van der Waals surface area contributed by atoms with Gasteiger partial charge in [0.15, 0.2) is 0 Å². The number of hydrogen-bond donors (Lipinski definition) is 0. The Morgan fingerprint density at radius 1 is 0.733 bits per heavy atom. The second kappa shape index (κ2) is 9.64. The highest BCUT2D eigenvalue weighted by Gasteiger charge is 2.07. The van der Waals surface area contributed by atoms with E-state index in [0.717, 1.165) is 5.66 Å². The molecule has 0 nitrogen and oxygen atoms in total. The van der Waals surface area contributed by atoms with Gasteiger partial charge in [0.2, 0.25) is 0 Å². The van der Waals surface area contributed by atoms with Crippen LogP contribution in [0.5, 0.6) is 0 Å². The van der Waals surface area contributed by atoms with Crippen molar-refractivity contribution in [1.82, 2.24) is 0 Å². The zero-order valence-corrected chi connectivity index (χ0v) is 11.6. The maximum atomic E-state index is 2.36. The summed E-state index contributed by atoms with van der Waals surface area (Å²) in [5, 5.41) is 0. The van der Waals surface area contributed by atoms with Crippen LogP contribution in [0.1, 0.15) is 77.6 Å². The van der Waals surface area contributed by atoms with E-state index in [9.17, 15) is 0 Å². The van der Waals surface area contributed by atoms with E-state index < -0.39 is 0 Å². The molecule has 0 aliphatic heterocycles. The fourth-order valence-electron chi connectivity index (χ4n) is 2.66. The van der Waals surface area contributed by atoms with Gasteiger partial charge in [0.25, 0.3) is 0 Å². The lowest BCUT2D eigenvalue weighted by molar-refractivity contribution is 0.508. The molecule has 1 fully saturated rings. The molecular formula is C14H29P. The van der Waals surface area contributed by atoms with Gasteiger partial charge in [0, 0.05) is 0 Å². The van der Waals surface area contributed by atoms with Crippen molar-refractivity contribution in [2.45, 2.75) is 83.2 Å². The van der Waals surface area contributed by atoms with Gasteiger partial charge in [0.1, 0.15) is 0 Å². The van der Waals surface area contributed by atoms with Crippen LogP contribution in [0.2, 0.25) is 0 Å². The van der Waals surface area contributed by atoms with Crippen molar-refractivity contribution in [2.24, 2.45) is 0 Å². The van der Waals surface area contributed by atoms with Crippen LogP contribution in [0.15, 0.2) is 0 Å². The van der Waals surface area contributed by atoms with Gasteiger partial charge in [-0.25, -0.2) is 0 Å². The molecule has 0 bridgehead atoms. The van der Waals surface area contributed by atoms with Gasteiger partial charge in [-0.05, 0) is 24.7 Å². The van der Waals surface area contributed by atoms with Crippen LogP contribution in [0.25, 0.3) is 0 Å². The molecule has 0 aromatic carbocycles. The highest BCUT2D eigenvalue weighted by Crippen LogP contribution is 2.29. The quantitative estimate of drug-likeness (QED) is 0.558.